The second-order valence-electron chi connectivity index (χ2n) is 5.91. The van der Waals surface area contributed by atoms with E-state index < -0.39 is 22.0 Å². The normalized spacial score (nSPS) is 12.4. The van der Waals surface area contributed by atoms with E-state index >= 15 is 0 Å². The highest BCUT2D eigenvalue weighted by Crippen LogP contribution is 2.16. The molecule has 9 heteroatoms. The molecule has 0 saturated carbocycles. The van der Waals surface area contributed by atoms with E-state index in [2.05, 4.69) is 4.72 Å². The number of methoxy groups -OCH3 is 1. The minimum atomic E-state index is -3.91. The molecule has 0 heterocycles. The molecule has 1 N–H and O–H groups in total. The minimum absolute atomic E-state index is 0.0174. The van der Waals surface area contributed by atoms with Crippen LogP contribution in [0.5, 0.6) is 5.75 Å². The van der Waals surface area contributed by atoms with E-state index in [0.717, 1.165) is 0 Å². The van der Waals surface area contributed by atoms with Crippen LogP contribution in [0.15, 0.2) is 29.2 Å². The molecule has 1 rings (SSSR count). The molecule has 0 saturated heterocycles. The molecule has 0 bridgehead atoms. The molecule has 0 fully saturated rings. The molecule has 2 amide bonds. The average molecular weight is 371 g/mol. The Labute approximate surface area is 148 Å². The first-order chi connectivity index (χ1) is 11.6. The van der Waals surface area contributed by atoms with Crippen molar-refractivity contribution in [2.24, 2.45) is 0 Å². The van der Waals surface area contributed by atoms with Gasteiger partial charge in [-0.25, -0.2) is 8.42 Å². The number of ether oxygens (including phenoxy) is 1. The van der Waals surface area contributed by atoms with Crippen molar-refractivity contribution in [2.45, 2.75) is 23.8 Å². The summed E-state index contributed by atoms with van der Waals surface area (Å²) in [5.74, 6) is -0.0692. The predicted octanol–water partition coefficient (Wildman–Crippen LogP) is 0.299. The van der Waals surface area contributed by atoms with Crippen LogP contribution in [0, 0.1) is 0 Å². The van der Waals surface area contributed by atoms with Crippen molar-refractivity contribution in [3.8, 4) is 5.75 Å². The van der Waals surface area contributed by atoms with Gasteiger partial charge in [0.2, 0.25) is 21.8 Å². The lowest BCUT2D eigenvalue weighted by Crippen LogP contribution is -2.46. The number of sulfonamides is 1. The van der Waals surface area contributed by atoms with Crippen LogP contribution < -0.4 is 9.46 Å². The third-order valence-corrected chi connectivity index (χ3v) is 5.04. The van der Waals surface area contributed by atoms with Gasteiger partial charge in [-0.15, -0.1) is 0 Å². The maximum atomic E-state index is 12.5. The van der Waals surface area contributed by atoms with E-state index in [0.29, 0.717) is 5.75 Å². The average Bonchev–Trinajstić information content (AvgIpc) is 2.57. The Balaban J connectivity index is 2.97. The minimum Gasteiger partial charge on any atom is -0.497 e. The molecule has 0 aliphatic rings. The Bertz CT molecular complexity index is 699. The third kappa shape index (κ3) is 6.02. The molecule has 0 aromatic heterocycles. The molecule has 1 atom stereocenters. The first-order valence-electron chi connectivity index (χ1n) is 7.66. The number of amides is 2. The zero-order valence-electron chi connectivity index (χ0n) is 15.1. The van der Waals surface area contributed by atoms with Crippen molar-refractivity contribution in [1.29, 1.82) is 0 Å². The Morgan fingerprint density at radius 1 is 1.08 bits per heavy atom. The number of carbonyl (C=O) groups is 2. The fourth-order valence-corrected chi connectivity index (χ4v) is 3.27. The summed E-state index contributed by atoms with van der Waals surface area (Å²) in [6.07, 6.45) is 0.131. The summed E-state index contributed by atoms with van der Waals surface area (Å²) >= 11 is 0. The van der Waals surface area contributed by atoms with Crippen LogP contribution in [0.2, 0.25) is 0 Å². The SMILES string of the molecule is COc1ccc(S(=O)(=O)N[C@@H](CCC(=O)N(C)C)C(=O)N(C)C)cc1. The lowest BCUT2D eigenvalue weighted by atomic mass is 10.1. The van der Waals surface area contributed by atoms with Gasteiger partial charge in [0.05, 0.1) is 12.0 Å². The van der Waals surface area contributed by atoms with Crippen LogP contribution in [-0.2, 0) is 19.6 Å². The number of rotatable bonds is 8. The molecule has 0 radical (unpaired) electrons. The first kappa shape index (κ1) is 20.9. The maximum absolute atomic E-state index is 12.5. The van der Waals surface area contributed by atoms with Crippen molar-refractivity contribution >= 4 is 21.8 Å². The molecular formula is C16H25N3O5S. The summed E-state index contributed by atoms with van der Waals surface area (Å²) < 4.78 is 32.5. The number of benzene rings is 1. The van der Waals surface area contributed by atoms with Gasteiger partial charge in [-0.1, -0.05) is 0 Å². The predicted molar refractivity (Wildman–Crippen MR) is 93.7 cm³/mol. The van der Waals surface area contributed by atoms with Gasteiger partial charge in [-0.2, -0.15) is 4.72 Å². The van der Waals surface area contributed by atoms with E-state index in [-0.39, 0.29) is 23.6 Å². The monoisotopic (exact) mass is 371 g/mol. The smallest absolute Gasteiger partial charge is 0.241 e. The fraction of sp³-hybridized carbons (Fsp3) is 0.500. The molecule has 8 nitrogen and oxygen atoms in total. The summed E-state index contributed by atoms with van der Waals surface area (Å²) in [4.78, 5) is 26.8. The van der Waals surface area contributed by atoms with Crippen LogP contribution in [0.25, 0.3) is 0 Å². The highest BCUT2D eigenvalue weighted by Gasteiger charge is 2.27. The van der Waals surface area contributed by atoms with E-state index in [1.807, 2.05) is 0 Å². The Morgan fingerprint density at radius 3 is 2.08 bits per heavy atom. The lowest BCUT2D eigenvalue weighted by Gasteiger charge is -2.22. The van der Waals surface area contributed by atoms with Crippen LogP contribution in [0.4, 0.5) is 0 Å². The molecule has 140 valence electrons. The summed E-state index contributed by atoms with van der Waals surface area (Å²) in [6, 6.07) is 4.80. The van der Waals surface area contributed by atoms with Crippen molar-refractivity contribution < 1.29 is 22.7 Å². The van der Waals surface area contributed by atoms with Crippen LogP contribution in [0.1, 0.15) is 12.8 Å². The molecule has 0 spiro atoms. The topological polar surface area (TPSA) is 96.0 Å². The molecular weight excluding hydrogens is 346 g/mol. The van der Waals surface area contributed by atoms with Crippen molar-refractivity contribution in [3.63, 3.8) is 0 Å². The van der Waals surface area contributed by atoms with Gasteiger partial charge < -0.3 is 14.5 Å². The fourth-order valence-electron chi connectivity index (χ4n) is 2.05. The van der Waals surface area contributed by atoms with Gasteiger partial charge in [0.1, 0.15) is 11.8 Å². The number of hydrogen-bond donors (Lipinski definition) is 1. The molecule has 25 heavy (non-hydrogen) atoms. The van der Waals surface area contributed by atoms with Crippen LogP contribution in [0.3, 0.4) is 0 Å². The summed E-state index contributed by atoms with van der Waals surface area (Å²) in [5.41, 5.74) is 0. The van der Waals surface area contributed by atoms with Gasteiger partial charge >= 0.3 is 0 Å². The molecule has 0 unspecified atom stereocenters. The van der Waals surface area contributed by atoms with Crippen molar-refractivity contribution in [1.82, 2.24) is 14.5 Å². The second-order valence-corrected chi connectivity index (χ2v) is 7.62. The summed E-state index contributed by atoms with van der Waals surface area (Å²) in [6.45, 7) is 0. The standard InChI is InChI=1S/C16H25N3O5S/c1-18(2)15(20)11-10-14(16(21)19(3)4)17-25(22,23)13-8-6-12(24-5)7-9-13/h6-9,14,17H,10-11H2,1-5H3/t14-/m0/s1. The Kier molecular flexibility index (Phi) is 7.38. The summed E-state index contributed by atoms with van der Waals surface area (Å²) in [7, 11) is 3.84. The molecule has 0 aliphatic heterocycles. The van der Waals surface area contributed by atoms with Crippen LogP contribution >= 0.6 is 0 Å². The third-order valence-electron chi connectivity index (χ3n) is 3.55. The largest absolute Gasteiger partial charge is 0.497 e. The van der Waals surface area contributed by atoms with Crippen LogP contribution in [-0.4, -0.2) is 71.4 Å². The lowest BCUT2D eigenvalue weighted by molar-refractivity contribution is -0.131. The van der Waals surface area contributed by atoms with Crippen molar-refractivity contribution in [2.75, 3.05) is 35.3 Å². The van der Waals surface area contributed by atoms with Crippen molar-refractivity contribution in [3.05, 3.63) is 24.3 Å². The van der Waals surface area contributed by atoms with E-state index in [1.54, 1.807) is 14.1 Å². The van der Waals surface area contributed by atoms with Gasteiger partial charge in [-0.05, 0) is 30.7 Å². The molecule has 1 aromatic rings. The number of nitrogens with one attached hydrogen (secondary N) is 1. The number of likely N-dealkylation sites (N-methyl/N-ethyl adjacent to an activating group) is 1. The highest BCUT2D eigenvalue weighted by molar-refractivity contribution is 7.89. The second kappa shape index (κ2) is 8.82. The van der Waals surface area contributed by atoms with Gasteiger partial charge in [0.15, 0.2) is 0 Å². The van der Waals surface area contributed by atoms with E-state index in [9.17, 15) is 18.0 Å². The zero-order valence-corrected chi connectivity index (χ0v) is 16.0. The Morgan fingerprint density at radius 2 is 1.64 bits per heavy atom. The maximum Gasteiger partial charge on any atom is 0.241 e. The quantitative estimate of drug-likeness (QED) is 0.709. The zero-order chi connectivity index (χ0) is 19.2. The first-order valence-corrected chi connectivity index (χ1v) is 9.14. The van der Waals surface area contributed by atoms with E-state index in [4.69, 9.17) is 4.74 Å². The number of carbonyl (C=O) groups excluding carboxylic acids is 2. The molecule has 1 aromatic carbocycles. The van der Waals surface area contributed by atoms with Gasteiger partial charge in [-0.3, -0.25) is 9.59 Å². The Hall–Kier alpha value is -2.13. The number of nitrogens with zero attached hydrogens (tertiary/aromatic N) is 2. The van der Waals surface area contributed by atoms with Gasteiger partial charge in [0, 0.05) is 34.6 Å². The molecule has 0 aliphatic carbocycles. The summed E-state index contributed by atoms with van der Waals surface area (Å²) in [5, 5.41) is 0. The van der Waals surface area contributed by atoms with E-state index in [1.165, 1.54) is 55.3 Å². The highest BCUT2D eigenvalue weighted by atomic mass is 32.2. The van der Waals surface area contributed by atoms with Gasteiger partial charge in [0.25, 0.3) is 0 Å². The number of hydrogen-bond acceptors (Lipinski definition) is 5.